The van der Waals surface area contributed by atoms with Gasteiger partial charge in [0, 0.05) is 5.92 Å². The first kappa shape index (κ1) is 14.2. The molecule has 4 aliphatic rings. The van der Waals surface area contributed by atoms with Crippen molar-refractivity contribution >= 4 is 0 Å². The number of fused-ring (bicyclic) bond motifs is 5. The lowest BCUT2D eigenvalue weighted by Crippen LogP contribution is -2.50. The van der Waals surface area contributed by atoms with E-state index in [1.165, 1.54) is 51.4 Å². The van der Waals surface area contributed by atoms with Crippen molar-refractivity contribution in [1.29, 1.82) is 0 Å². The third-order valence-electron chi connectivity index (χ3n) is 8.44. The molecule has 2 unspecified atom stereocenters. The summed E-state index contributed by atoms with van der Waals surface area (Å²) in [6.45, 7) is 5.13. The zero-order valence-corrected chi connectivity index (χ0v) is 14.0. The Kier molecular flexibility index (Phi) is 3.40. The highest BCUT2D eigenvalue weighted by Gasteiger charge is 2.57. The summed E-state index contributed by atoms with van der Waals surface area (Å²) in [5.41, 5.74) is 0.478. The van der Waals surface area contributed by atoms with Gasteiger partial charge in [0.15, 0.2) is 0 Å². The molecule has 0 heteroatoms. The predicted molar refractivity (Wildman–Crippen MR) is 88.6 cm³/mol. The molecule has 0 saturated heterocycles. The van der Waals surface area contributed by atoms with Crippen molar-refractivity contribution in [3.05, 3.63) is 0 Å². The molecule has 0 aliphatic heterocycles. The largest absolute Gasteiger partial charge is 0.120 e. The van der Waals surface area contributed by atoms with Gasteiger partial charge in [-0.3, -0.25) is 0 Å². The lowest BCUT2D eigenvalue weighted by Gasteiger charge is -2.57. The molecule has 4 rings (SSSR count). The van der Waals surface area contributed by atoms with Gasteiger partial charge in [-0.25, -0.2) is 0 Å². The van der Waals surface area contributed by atoms with Crippen molar-refractivity contribution < 1.29 is 0 Å². The highest BCUT2D eigenvalue weighted by atomic mass is 14.6. The van der Waals surface area contributed by atoms with Crippen LogP contribution in [0, 0.1) is 59.2 Å². The third kappa shape index (κ3) is 1.95. The fraction of sp³-hybridized carbons (Fsp3) is 0.905. The van der Waals surface area contributed by atoms with Gasteiger partial charge < -0.3 is 0 Å². The van der Waals surface area contributed by atoms with Crippen LogP contribution < -0.4 is 0 Å². The van der Waals surface area contributed by atoms with E-state index in [2.05, 4.69) is 19.8 Å². The fourth-order valence-electron chi connectivity index (χ4n) is 7.54. The Bertz CT molecular complexity index is 443. The van der Waals surface area contributed by atoms with Crippen molar-refractivity contribution in [3.8, 4) is 12.3 Å². The van der Waals surface area contributed by atoms with Gasteiger partial charge in [0.1, 0.15) is 0 Å². The number of terminal acetylenes is 1. The zero-order chi connectivity index (χ0) is 14.6. The monoisotopic (exact) mass is 284 g/mol. The lowest BCUT2D eigenvalue weighted by molar-refractivity contribution is -0.0841. The van der Waals surface area contributed by atoms with Crippen molar-refractivity contribution in [2.75, 3.05) is 0 Å². The molecule has 21 heavy (non-hydrogen) atoms. The van der Waals surface area contributed by atoms with Gasteiger partial charge in [-0.2, -0.15) is 0 Å². The van der Waals surface area contributed by atoms with Gasteiger partial charge in [0.25, 0.3) is 0 Å². The van der Waals surface area contributed by atoms with Crippen molar-refractivity contribution in [3.63, 3.8) is 0 Å². The van der Waals surface area contributed by atoms with E-state index in [1.807, 2.05) is 0 Å². The molecule has 0 bridgehead atoms. The van der Waals surface area contributed by atoms with E-state index in [1.54, 1.807) is 6.42 Å². The summed E-state index contributed by atoms with van der Waals surface area (Å²) in [5, 5.41) is 0. The maximum atomic E-state index is 5.88. The Morgan fingerprint density at radius 3 is 2.62 bits per heavy atom. The number of rotatable bonds is 0. The van der Waals surface area contributed by atoms with E-state index >= 15 is 0 Å². The van der Waals surface area contributed by atoms with E-state index in [-0.39, 0.29) is 0 Å². The second kappa shape index (κ2) is 5.04. The van der Waals surface area contributed by atoms with Crippen LogP contribution in [0.2, 0.25) is 0 Å². The summed E-state index contributed by atoms with van der Waals surface area (Å²) in [6.07, 6.45) is 19.1. The van der Waals surface area contributed by atoms with Gasteiger partial charge in [0.2, 0.25) is 0 Å². The first-order chi connectivity index (χ1) is 10.1. The Hall–Kier alpha value is -0.440. The maximum Gasteiger partial charge on any atom is 0.0256 e. The van der Waals surface area contributed by atoms with Crippen LogP contribution in [0.5, 0.6) is 0 Å². The molecule has 0 spiro atoms. The smallest absolute Gasteiger partial charge is 0.0256 e. The molecule has 4 fully saturated rings. The molecule has 116 valence electrons. The van der Waals surface area contributed by atoms with E-state index in [0.29, 0.717) is 11.3 Å². The molecular weight excluding hydrogens is 252 g/mol. The molecule has 0 aromatic carbocycles. The summed E-state index contributed by atoms with van der Waals surface area (Å²) in [4.78, 5) is 0. The SMILES string of the molecule is C#C[C@@H]1CC[C@H]2[C@@H]3C(C)CC4CCCC[C@@H]4[C@H]3CC[C@]12C. The average Bonchev–Trinajstić information content (AvgIpc) is 2.83. The topological polar surface area (TPSA) is 0 Å². The maximum absolute atomic E-state index is 5.88. The van der Waals surface area contributed by atoms with Gasteiger partial charge in [-0.05, 0) is 79.4 Å². The van der Waals surface area contributed by atoms with Crippen LogP contribution in [0.1, 0.15) is 71.6 Å². The minimum absolute atomic E-state index is 0.478. The van der Waals surface area contributed by atoms with Crippen molar-refractivity contribution in [2.45, 2.75) is 71.6 Å². The molecule has 0 aromatic heterocycles. The Balaban J connectivity index is 1.64. The van der Waals surface area contributed by atoms with E-state index in [0.717, 1.165) is 35.5 Å². The van der Waals surface area contributed by atoms with Crippen LogP contribution in [0.25, 0.3) is 0 Å². The minimum atomic E-state index is 0.478. The molecule has 0 heterocycles. The Morgan fingerprint density at radius 1 is 1.00 bits per heavy atom. The van der Waals surface area contributed by atoms with Gasteiger partial charge in [-0.1, -0.05) is 33.1 Å². The zero-order valence-electron chi connectivity index (χ0n) is 14.0. The summed E-state index contributed by atoms with van der Waals surface area (Å²) < 4.78 is 0. The van der Waals surface area contributed by atoms with Crippen LogP contribution >= 0.6 is 0 Å². The van der Waals surface area contributed by atoms with Crippen LogP contribution in [0.3, 0.4) is 0 Å². The molecule has 0 N–H and O–H groups in total. The van der Waals surface area contributed by atoms with Crippen LogP contribution in [-0.2, 0) is 0 Å². The van der Waals surface area contributed by atoms with Crippen LogP contribution in [-0.4, -0.2) is 0 Å². The predicted octanol–water partition coefficient (Wildman–Crippen LogP) is 5.52. The summed E-state index contributed by atoms with van der Waals surface area (Å²) in [7, 11) is 0. The van der Waals surface area contributed by atoms with Crippen LogP contribution in [0.4, 0.5) is 0 Å². The molecule has 0 nitrogen and oxygen atoms in total. The van der Waals surface area contributed by atoms with Crippen molar-refractivity contribution in [1.82, 2.24) is 0 Å². The first-order valence-corrected chi connectivity index (χ1v) is 9.61. The van der Waals surface area contributed by atoms with Gasteiger partial charge in [0.05, 0.1) is 0 Å². The second-order valence-corrected chi connectivity index (χ2v) is 9.11. The molecule has 0 amide bonds. The standard InChI is InChI=1S/C21H32/c1-4-16-9-10-19-20-14(2)13-15-7-5-6-8-17(15)18(20)11-12-21(16,19)3/h1,14-20H,5-13H2,2-3H3/t14?,15?,16-,17+,18-,19+,20-,21-/m1/s1. The fourth-order valence-corrected chi connectivity index (χ4v) is 7.54. The third-order valence-corrected chi connectivity index (χ3v) is 8.44. The molecule has 0 radical (unpaired) electrons. The highest BCUT2D eigenvalue weighted by molar-refractivity contribution is 5.13. The molecule has 4 aliphatic carbocycles. The summed E-state index contributed by atoms with van der Waals surface area (Å²) >= 11 is 0. The van der Waals surface area contributed by atoms with E-state index in [9.17, 15) is 0 Å². The Morgan fingerprint density at radius 2 is 1.81 bits per heavy atom. The summed E-state index contributed by atoms with van der Waals surface area (Å²) in [6, 6.07) is 0. The number of hydrogen-bond acceptors (Lipinski definition) is 0. The lowest BCUT2D eigenvalue weighted by atomic mass is 9.47. The van der Waals surface area contributed by atoms with Gasteiger partial charge >= 0.3 is 0 Å². The second-order valence-electron chi connectivity index (χ2n) is 9.11. The quantitative estimate of drug-likeness (QED) is 0.513. The number of hydrogen-bond donors (Lipinski definition) is 0. The molecule has 4 saturated carbocycles. The minimum Gasteiger partial charge on any atom is -0.120 e. The average molecular weight is 284 g/mol. The molecule has 8 atom stereocenters. The van der Waals surface area contributed by atoms with Crippen molar-refractivity contribution in [2.24, 2.45) is 46.8 Å². The summed E-state index contributed by atoms with van der Waals surface area (Å²) in [5.74, 6) is 9.84. The first-order valence-electron chi connectivity index (χ1n) is 9.61. The van der Waals surface area contributed by atoms with E-state index in [4.69, 9.17) is 6.42 Å². The molecular formula is C21H32. The van der Waals surface area contributed by atoms with Gasteiger partial charge in [-0.15, -0.1) is 12.3 Å². The highest BCUT2D eigenvalue weighted by Crippen LogP contribution is 2.65. The Labute approximate surface area is 131 Å². The van der Waals surface area contributed by atoms with E-state index < -0.39 is 0 Å². The normalized spacial score (nSPS) is 56.0. The van der Waals surface area contributed by atoms with Crippen LogP contribution in [0.15, 0.2) is 0 Å². The molecule has 0 aromatic rings.